The van der Waals surface area contributed by atoms with E-state index >= 15 is 0 Å². The van der Waals surface area contributed by atoms with Gasteiger partial charge in [-0.1, -0.05) is 57.9 Å². The van der Waals surface area contributed by atoms with Gasteiger partial charge in [0.2, 0.25) is 5.82 Å². The standard InChI is InChI=1S/C32H22Br2ClN3O5/c1-40-24-8-5-9-25-22(24)15-27(43-25)31-37-23-7-4-3-6-21(23)32(39)38(31)36-16-19-14-26(41-2)30(29(35)28(19)34)42-17-18-10-12-20(33)13-11-18/h3-16H,17H2,1-2H3. The quantitative estimate of drug-likeness (QED) is 0.147. The Labute approximate surface area is 267 Å². The van der Waals surface area contributed by atoms with Crippen molar-refractivity contribution in [1.82, 2.24) is 9.66 Å². The normalized spacial score (nSPS) is 11.5. The van der Waals surface area contributed by atoms with Crippen LogP contribution in [0, 0.1) is 0 Å². The van der Waals surface area contributed by atoms with Gasteiger partial charge in [-0.25, -0.2) is 4.98 Å². The van der Waals surface area contributed by atoms with Gasteiger partial charge in [0, 0.05) is 14.5 Å². The van der Waals surface area contributed by atoms with Crippen LogP contribution in [0.3, 0.4) is 0 Å². The van der Waals surface area contributed by atoms with Crippen LogP contribution in [0.25, 0.3) is 33.5 Å². The third-order valence-corrected chi connectivity index (χ3v) is 8.67. The lowest BCUT2D eigenvalue weighted by molar-refractivity contribution is 0.284. The van der Waals surface area contributed by atoms with Crippen LogP contribution in [0.5, 0.6) is 17.2 Å². The fourth-order valence-electron chi connectivity index (χ4n) is 4.55. The summed E-state index contributed by atoms with van der Waals surface area (Å²) in [4.78, 5) is 18.5. The highest BCUT2D eigenvalue weighted by Gasteiger charge is 2.20. The largest absolute Gasteiger partial charge is 0.496 e. The molecule has 0 aliphatic heterocycles. The van der Waals surface area contributed by atoms with Gasteiger partial charge >= 0.3 is 0 Å². The molecule has 6 aromatic rings. The Morgan fingerprint density at radius 2 is 1.72 bits per heavy atom. The molecule has 0 unspecified atom stereocenters. The maximum absolute atomic E-state index is 13.7. The Bertz CT molecular complexity index is 2070. The van der Waals surface area contributed by atoms with Crippen LogP contribution in [0.1, 0.15) is 11.1 Å². The Hall–Kier alpha value is -4.12. The SMILES string of the molecule is COc1cc(C=Nn2c(-c3cc4c(OC)cccc4o3)nc3ccccc3c2=O)c(Br)c(Cl)c1OCc1ccc(Br)cc1. The summed E-state index contributed by atoms with van der Waals surface area (Å²) >= 11 is 13.7. The van der Waals surface area contributed by atoms with Crippen molar-refractivity contribution in [3.05, 3.63) is 114 Å². The van der Waals surface area contributed by atoms with Crippen molar-refractivity contribution >= 4 is 71.5 Å². The van der Waals surface area contributed by atoms with E-state index in [0.717, 1.165) is 15.4 Å². The molecule has 0 N–H and O–H groups in total. The fraction of sp³-hybridized carbons (Fsp3) is 0.0938. The smallest absolute Gasteiger partial charge is 0.282 e. The van der Waals surface area contributed by atoms with Gasteiger partial charge in [-0.05, 0) is 70.0 Å². The molecule has 0 saturated carbocycles. The van der Waals surface area contributed by atoms with E-state index in [1.54, 1.807) is 37.4 Å². The number of nitrogens with zero attached hydrogens (tertiary/aromatic N) is 3. The number of aromatic nitrogens is 2. The highest BCUT2D eigenvalue weighted by Crippen LogP contribution is 2.42. The number of hydrogen-bond donors (Lipinski definition) is 0. The molecule has 0 aliphatic rings. The highest BCUT2D eigenvalue weighted by atomic mass is 79.9. The van der Waals surface area contributed by atoms with Crippen molar-refractivity contribution in [2.24, 2.45) is 5.10 Å². The third-order valence-electron chi connectivity index (χ3n) is 6.70. The topological polar surface area (TPSA) is 88.1 Å². The van der Waals surface area contributed by atoms with E-state index in [1.807, 2.05) is 48.5 Å². The van der Waals surface area contributed by atoms with Crippen LogP contribution in [-0.2, 0) is 6.61 Å². The van der Waals surface area contributed by atoms with Crippen LogP contribution < -0.4 is 19.8 Å². The number of rotatable bonds is 8. The predicted octanol–water partition coefficient (Wildman–Crippen LogP) is 8.47. The van der Waals surface area contributed by atoms with Crippen molar-refractivity contribution in [3.8, 4) is 28.8 Å². The number of ether oxygens (including phenoxy) is 3. The van der Waals surface area contributed by atoms with Crippen LogP contribution >= 0.6 is 43.5 Å². The Morgan fingerprint density at radius 3 is 2.49 bits per heavy atom. The van der Waals surface area contributed by atoms with E-state index in [2.05, 4.69) is 37.0 Å². The molecule has 0 radical (unpaired) electrons. The summed E-state index contributed by atoms with van der Waals surface area (Å²) in [5.41, 5.74) is 2.25. The molecule has 11 heteroatoms. The molecule has 2 aromatic heterocycles. The summed E-state index contributed by atoms with van der Waals surface area (Å²) in [5, 5.41) is 6.01. The first-order valence-electron chi connectivity index (χ1n) is 12.9. The fourth-order valence-corrected chi connectivity index (χ4v) is 5.47. The van der Waals surface area contributed by atoms with E-state index in [0.29, 0.717) is 54.6 Å². The minimum Gasteiger partial charge on any atom is -0.496 e. The molecule has 6 rings (SSSR count). The van der Waals surface area contributed by atoms with E-state index in [9.17, 15) is 4.79 Å². The van der Waals surface area contributed by atoms with Crippen molar-refractivity contribution in [3.63, 3.8) is 0 Å². The second-order valence-electron chi connectivity index (χ2n) is 9.34. The molecule has 0 spiro atoms. The second kappa shape index (κ2) is 12.2. The lowest BCUT2D eigenvalue weighted by Crippen LogP contribution is -2.20. The highest BCUT2D eigenvalue weighted by molar-refractivity contribution is 9.10. The van der Waals surface area contributed by atoms with Gasteiger partial charge in [-0.2, -0.15) is 9.78 Å². The summed E-state index contributed by atoms with van der Waals surface area (Å²) < 4.78 is 25.9. The zero-order valence-corrected chi connectivity index (χ0v) is 26.7. The Morgan fingerprint density at radius 1 is 0.953 bits per heavy atom. The first-order valence-corrected chi connectivity index (χ1v) is 14.9. The first kappa shape index (κ1) is 29.0. The van der Waals surface area contributed by atoms with Crippen LogP contribution in [0.2, 0.25) is 5.02 Å². The summed E-state index contributed by atoms with van der Waals surface area (Å²) in [6, 6.07) is 23.8. The van der Waals surface area contributed by atoms with Crippen molar-refractivity contribution in [1.29, 1.82) is 0 Å². The lowest BCUT2D eigenvalue weighted by atomic mass is 10.2. The molecule has 2 heterocycles. The summed E-state index contributed by atoms with van der Waals surface area (Å²) in [6.07, 6.45) is 1.50. The number of methoxy groups -OCH3 is 2. The predicted molar refractivity (Wildman–Crippen MR) is 175 cm³/mol. The summed E-state index contributed by atoms with van der Waals surface area (Å²) in [7, 11) is 3.11. The monoisotopic (exact) mass is 721 g/mol. The number of para-hydroxylation sites is 1. The molecular weight excluding hydrogens is 702 g/mol. The zero-order valence-electron chi connectivity index (χ0n) is 22.8. The molecule has 0 fully saturated rings. The first-order chi connectivity index (χ1) is 20.9. The van der Waals surface area contributed by atoms with Gasteiger partial charge in [0.05, 0.1) is 36.7 Å². The minimum atomic E-state index is -0.368. The van der Waals surface area contributed by atoms with Crippen molar-refractivity contribution < 1.29 is 18.6 Å². The Kier molecular flexibility index (Phi) is 8.25. The maximum atomic E-state index is 13.7. The lowest BCUT2D eigenvalue weighted by Gasteiger charge is -2.15. The zero-order chi connectivity index (χ0) is 30.1. The van der Waals surface area contributed by atoms with E-state index in [-0.39, 0.29) is 18.0 Å². The maximum Gasteiger partial charge on any atom is 0.282 e. The minimum absolute atomic E-state index is 0.224. The molecule has 216 valence electrons. The average Bonchev–Trinajstić information content (AvgIpc) is 3.47. The number of hydrogen-bond acceptors (Lipinski definition) is 7. The average molecular weight is 724 g/mol. The van der Waals surface area contributed by atoms with Crippen LogP contribution in [0.4, 0.5) is 0 Å². The van der Waals surface area contributed by atoms with Gasteiger partial charge in [-0.3, -0.25) is 4.79 Å². The molecular formula is C32H22Br2ClN3O5. The Balaban J connectivity index is 1.43. The molecule has 43 heavy (non-hydrogen) atoms. The van der Waals surface area contributed by atoms with Gasteiger partial charge in [-0.15, -0.1) is 0 Å². The van der Waals surface area contributed by atoms with Gasteiger partial charge < -0.3 is 18.6 Å². The van der Waals surface area contributed by atoms with Gasteiger partial charge in [0.1, 0.15) is 23.0 Å². The van der Waals surface area contributed by atoms with Crippen molar-refractivity contribution in [2.75, 3.05) is 14.2 Å². The second-order valence-corrected chi connectivity index (χ2v) is 11.4. The third kappa shape index (κ3) is 5.65. The molecule has 0 amide bonds. The molecule has 0 saturated heterocycles. The van der Waals surface area contributed by atoms with E-state index in [4.69, 9.17) is 35.2 Å². The van der Waals surface area contributed by atoms with Gasteiger partial charge in [0.25, 0.3) is 5.56 Å². The van der Waals surface area contributed by atoms with Gasteiger partial charge in [0.15, 0.2) is 17.3 Å². The van der Waals surface area contributed by atoms with Crippen molar-refractivity contribution in [2.45, 2.75) is 6.61 Å². The van der Waals surface area contributed by atoms with E-state index < -0.39 is 0 Å². The molecule has 0 atom stereocenters. The molecule has 4 aromatic carbocycles. The molecule has 0 aliphatic carbocycles. The number of halogens is 3. The number of fused-ring (bicyclic) bond motifs is 2. The summed E-state index contributed by atoms with van der Waals surface area (Å²) in [5.74, 6) is 1.99. The summed E-state index contributed by atoms with van der Waals surface area (Å²) in [6.45, 7) is 0.285. The van der Waals surface area contributed by atoms with E-state index in [1.165, 1.54) is 18.0 Å². The number of furan rings is 1. The molecule has 8 nitrogen and oxygen atoms in total. The van der Waals surface area contributed by atoms with Crippen LogP contribution in [0.15, 0.2) is 102 Å². The molecule has 0 bridgehead atoms. The number of benzene rings is 4. The van der Waals surface area contributed by atoms with Crippen LogP contribution in [-0.4, -0.2) is 30.1 Å².